The Morgan fingerprint density at radius 3 is 3.10 bits per heavy atom. The van der Waals surface area contributed by atoms with E-state index in [1.807, 2.05) is 24.0 Å². The molecule has 0 amide bonds. The van der Waals surface area contributed by atoms with Crippen LogP contribution in [0.5, 0.6) is 0 Å². The summed E-state index contributed by atoms with van der Waals surface area (Å²) in [5.74, 6) is 0.856. The Labute approximate surface area is 122 Å². The lowest BCUT2D eigenvalue weighted by Crippen LogP contribution is -2.24. The van der Waals surface area contributed by atoms with Gasteiger partial charge in [-0.15, -0.1) is 11.8 Å². The highest BCUT2D eigenvalue weighted by atomic mass is 32.2. The molecule has 1 N–H and O–H groups in total. The Morgan fingerprint density at radius 1 is 1.50 bits per heavy atom. The maximum atomic E-state index is 13.8. The predicted octanol–water partition coefficient (Wildman–Crippen LogP) is 3.19. The maximum absolute atomic E-state index is 13.8. The summed E-state index contributed by atoms with van der Waals surface area (Å²) in [5.41, 5.74) is 3.45. The van der Waals surface area contributed by atoms with E-state index in [0.29, 0.717) is 0 Å². The van der Waals surface area contributed by atoms with Gasteiger partial charge in [0.1, 0.15) is 5.82 Å². The first-order chi connectivity index (χ1) is 9.66. The number of hydrogen-bond donors (Lipinski definition) is 1. The quantitative estimate of drug-likeness (QED) is 0.942. The molecule has 2 heterocycles. The second-order valence-electron chi connectivity index (χ2n) is 5.11. The lowest BCUT2D eigenvalue weighted by molar-refractivity contribution is 0.495. The minimum atomic E-state index is -0.100. The first kappa shape index (κ1) is 13.6. The van der Waals surface area contributed by atoms with Gasteiger partial charge in [-0.2, -0.15) is 5.10 Å². The van der Waals surface area contributed by atoms with Crippen molar-refractivity contribution in [3.8, 4) is 0 Å². The van der Waals surface area contributed by atoms with Crippen molar-refractivity contribution in [1.29, 1.82) is 0 Å². The van der Waals surface area contributed by atoms with Gasteiger partial charge >= 0.3 is 0 Å². The first-order valence-corrected chi connectivity index (χ1v) is 7.77. The summed E-state index contributed by atoms with van der Waals surface area (Å²) in [5, 5.41) is 7.79. The SMILES string of the molecule is Cc1c(CNC2CCSc3c(F)cccc32)cnn1C. The van der Waals surface area contributed by atoms with E-state index < -0.39 is 0 Å². The normalized spacial score (nSPS) is 18.1. The molecule has 20 heavy (non-hydrogen) atoms. The summed E-state index contributed by atoms with van der Waals surface area (Å²) < 4.78 is 15.7. The van der Waals surface area contributed by atoms with Gasteiger partial charge in [0.2, 0.25) is 0 Å². The van der Waals surface area contributed by atoms with Crippen LogP contribution in [-0.4, -0.2) is 15.5 Å². The summed E-state index contributed by atoms with van der Waals surface area (Å²) in [4.78, 5) is 0.805. The van der Waals surface area contributed by atoms with Crippen molar-refractivity contribution in [1.82, 2.24) is 15.1 Å². The molecule has 0 saturated carbocycles. The van der Waals surface area contributed by atoms with Crippen LogP contribution in [0, 0.1) is 12.7 Å². The smallest absolute Gasteiger partial charge is 0.137 e. The molecule has 1 aromatic carbocycles. The van der Waals surface area contributed by atoms with E-state index >= 15 is 0 Å². The molecule has 0 radical (unpaired) electrons. The number of aromatic nitrogens is 2. The number of hydrogen-bond acceptors (Lipinski definition) is 3. The predicted molar refractivity (Wildman–Crippen MR) is 79.3 cm³/mol. The van der Waals surface area contributed by atoms with Gasteiger partial charge in [0.05, 0.1) is 6.20 Å². The Balaban J connectivity index is 1.77. The van der Waals surface area contributed by atoms with Crippen LogP contribution in [-0.2, 0) is 13.6 Å². The fourth-order valence-corrected chi connectivity index (χ4v) is 3.69. The number of nitrogens with zero attached hydrogens (tertiary/aromatic N) is 2. The number of halogens is 1. The third-order valence-corrected chi connectivity index (χ3v) is 5.06. The monoisotopic (exact) mass is 291 g/mol. The van der Waals surface area contributed by atoms with Crippen LogP contribution < -0.4 is 5.32 Å². The van der Waals surface area contributed by atoms with Crippen molar-refractivity contribution < 1.29 is 4.39 Å². The topological polar surface area (TPSA) is 29.9 Å². The Bertz CT molecular complexity index is 624. The van der Waals surface area contributed by atoms with E-state index in [4.69, 9.17) is 0 Å². The summed E-state index contributed by atoms with van der Waals surface area (Å²) >= 11 is 1.62. The largest absolute Gasteiger partial charge is 0.306 e. The summed E-state index contributed by atoms with van der Waals surface area (Å²) in [7, 11) is 1.95. The standard InChI is InChI=1S/C15H18FN3S/c1-10-11(9-18-19(10)2)8-17-14-6-7-20-15-12(14)4-3-5-13(15)16/h3-5,9,14,17H,6-8H2,1-2H3. The first-order valence-electron chi connectivity index (χ1n) is 6.79. The molecule has 0 aliphatic carbocycles. The highest BCUT2D eigenvalue weighted by Crippen LogP contribution is 2.37. The Hall–Kier alpha value is -1.33. The molecule has 5 heteroatoms. The van der Waals surface area contributed by atoms with Crippen LogP contribution in [0.4, 0.5) is 4.39 Å². The second-order valence-corrected chi connectivity index (χ2v) is 6.21. The number of benzene rings is 1. The zero-order valence-corrected chi connectivity index (χ0v) is 12.5. The second kappa shape index (κ2) is 5.58. The van der Waals surface area contributed by atoms with Crippen molar-refractivity contribution in [3.63, 3.8) is 0 Å². The molecule has 0 fully saturated rings. The van der Waals surface area contributed by atoms with Gasteiger partial charge in [0.15, 0.2) is 0 Å². The van der Waals surface area contributed by atoms with Gasteiger partial charge in [-0.1, -0.05) is 12.1 Å². The lowest BCUT2D eigenvalue weighted by Gasteiger charge is -2.26. The molecule has 1 unspecified atom stereocenters. The van der Waals surface area contributed by atoms with Crippen molar-refractivity contribution in [2.45, 2.75) is 30.8 Å². The van der Waals surface area contributed by atoms with Crippen molar-refractivity contribution in [3.05, 3.63) is 47.0 Å². The van der Waals surface area contributed by atoms with E-state index in [9.17, 15) is 4.39 Å². The molecule has 2 aromatic rings. The average molecular weight is 291 g/mol. The van der Waals surface area contributed by atoms with Crippen LogP contribution >= 0.6 is 11.8 Å². The van der Waals surface area contributed by atoms with E-state index in [2.05, 4.69) is 17.3 Å². The lowest BCUT2D eigenvalue weighted by atomic mass is 10.0. The molecule has 0 bridgehead atoms. The molecular formula is C15H18FN3S. The van der Waals surface area contributed by atoms with Crippen LogP contribution in [0.15, 0.2) is 29.3 Å². The minimum absolute atomic E-state index is 0.100. The molecule has 0 saturated heterocycles. The molecule has 3 rings (SSSR count). The zero-order chi connectivity index (χ0) is 14.1. The molecule has 1 atom stereocenters. The van der Waals surface area contributed by atoms with Crippen molar-refractivity contribution in [2.75, 3.05) is 5.75 Å². The summed E-state index contributed by atoms with van der Waals surface area (Å²) in [6, 6.07) is 5.59. The number of nitrogens with one attached hydrogen (secondary N) is 1. The van der Waals surface area contributed by atoms with Gasteiger partial charge < -0.3 is 5.32 Å². The number of rotatable bonds is 3. The van der Waals surface area contributed by atoms with Crippen LogP contribution in [0.2, 0.25) is 0 Å². The Kier molecular flexibility index (Phi) is 3.81. The number of aryl methyl sites for hydroxylation is 1. The van der Waals surface area contributed by atoms with Crippen LogP contribution in [0.3, 0.4) is 0 Å². The maximum Gasteiger partial charge on any atom is 0.137 e. The highest BCUT2D eigenvalue weighted by molar-refractivity contribution is 7.99. The van der Waals surface area contributed by atoms with E-state index in [0.717, 1.165) is 29.2 Å². The fraction of sp³-hybridized carbons (Fsp3) is 0.400. The van der Waals surface area contributed by atoms with Crippen molar-refractivity contribution in [2.24, 2.45) is 7.05 Å². The van der Waals surface area contributed by atoms with Gasteiger partial charge in [-0.25, -0.2) is 4.39 Å². The summed E-state index contributed by atoms with van der Waals surface area (Å²) in [6.07, 6.45) is 2.92. The minimum Gasteiger partial charge on any atom is -0.306 e. The van der Waals surface area contributed by atoms with Crippen molar-refractivity contribution >= 4 is 11.8 Å². The highest BCUT2D eigenvalue weighted by Gasteiger charge is 2.22. The Morgan fingerprint density at radius 2 is 2.35 bits per heavy atom. The zero-order valence-electron chi connectivity index (χ0n) is 11.7. The molecule has 3 nitrogen and oxygen atoms in total. The number of fused-ring (bicyclic) bond motifs is 1. The number of thioether (sulfide) groups is 1. The van der Waals surface area contributed by atoms with Crippen LogP contribution in [0.1, 0.15) is 29.3 Å². The average Bonchev–Trinajstić information content (AvgIpc) is 2.77. The molecule has 1 aliphatic rings. The molecule has 1 aliphatic heterocycles. The van der Waals surface area contributed by atoms with E-state index in [-0.39, 0.29) is 11.9 Å². The van der Waals surface area contributed by atoms with E-state index in [1.54, 1.807) is 23.9 Å². The third kappa shape index (κ3) is 2.47. The molecule has 1 aromatic heterocycles. The van der Waals surface area contributed by atoms with Gasteiger partial charge in [-0.3, -0.25) is 4.68 Å². The van der Waals surface area contributed by atoms with E-state index in [1.165, 1.54) is 11.3 Å². The molecular weight excluding hydrogens is 273 g/mol. The summed E-state index contributed by atoms with van der Waals surface area (Å²) in [6.45, 7) is 2.83. The molecule has 106 valence electrons. The fourth-order valence-electron chi connectivity index (χ4n) is 2.55. The molecule has 0 spiro atoms. The third-order valence-electron chi connectivity index (χ3n) is 3.90. The van der Waals surface area contributed by atoms with Gasteiger partial charge in [0, 0.05) is 35.8 Å². The van der Waals surface area contributed by atoms with Crippen LogP contribution in [0.25, 0.3) is 0 Å². The van der Waals surface area contributed by atoms with Gasteiger partial charge in [0.25, 0.3) is 0 Å². The van der Waals surface area contributed by atoms with Gasteiger partial charge in [-0.05, 0) is 30.7 Å².